The standard InChI is InChI=1S/C20H22N2O5/c23-18-7-3-4-10-21(18)12-14-8-9-17(27-14)19(24)22-15-6-2-1-5-13(15)11-16(22)20(25)26/h3-4,7-10,13,15-16H,1-2,5-6,11-12H2,(H,25,26)/t13-,15+,16-/m0/s1. The Morgan fingerprint density at radius 1 is 1.15 bits per heavy atom. The third-order valence-electron chi connectivity index (χ3n) is 5.71. The molecule has 1 aliphatic heterocycles. The lowest BCUT2D eigenvalue weighted by molar-refractivity contribution is -0.141. The van der Waals surface area contributed by atoms with Gasteiger partial charge < -0.3 is 19.0 Å². The van der Waals surface area contributed by atoms with Crippen molar-refractivity contribution in [1.29, 1.82) is 0 Å². The van der Waals surface area contributed by atoms with Gasteiger partial charge >= 0.3 is 5.97 Å². The molecule has 1 saturated carbocycles. The molecule has 0 bridgehead atoms. The van der Waals surface area contributed by atoms with Gasteiger partial charge in [0.25, 0.3) is 11.5 Å². The average Bonchev–Trinajstić information content (AvgIpc) is 3.28. The van der Waals surface area contributed by atoms with Crippen molar-refractivity contribution in [3.63, 3.8) is 0 Å². The van der Waals surface area contributed by atoms with Gasteiger partial charge in [0.05, 0.1) is 6.54 Å². The second kappa shape index (κ2) is 7.06. The highest BCUT2D eigenvalue weighted by atomic mass is 16.4. The van der Waals surface area contributed by atoms with E-state index in [9.17, 15) is 19.5 Å². The number of fused-ring (bicyclic) bond motifs is 1. The number of pyridine rings is 1. The van der Waals surface area contributed by atoms with Gasteiger partial charge in [-0.3, -0.25) is 9.59 Å². The van der Waals surface area contributed by atoms with Crippen LogP contribution < -0.4 is 5.56 Å². The average molecular weight is 370 g/mol. The number of hydrogen-bond donors (Lipinski definition) is 1. The van der Waals surface area contributed by atoms with E-state index in [2.05, 4.69) is 0 Å². The summed E-state index contributed by atoms with van der Waals surface area (Å²) in [7, 11) is 0. The first-order valence-electron chi connectivity index (χ1n) is 9.34. The molecule has 3 heterocycles. The number of carboxylic acid groups (broad SMARTS) is 1. The highest BCUT2D eigenvalue weighted by Crippen LogP contribution is 2.40. The lowest BCUT2D eigenvalue weighted by Gasteiger charge is -2.32. The molecular weight excluding hydrogens is 348 g/mol. The lowest BCUT2D eigenvalue weighted by atomic mass is 9.84. The maximum atomic E-state index is 13.0. The number of carbonyl (C=O) groups is 2. The summed E-state index contributed by atoms with van der Waals surface area (Å²) in [5, 5.41) is 9.59. The molecule has 1 saturated heterocycles. The number of aliphatic carboxylic acids is 1. The summed E-state index contributed by atoms with van der Waals surface area (Å²) in [5.41, 5.74) is -0.155. The topological polar surface area (TPSA) is 92.8 Å². The van der Waals surface area contributed by atoms with Crippen molar-refractivity contribution < 1.29 is 19.1 Å². The van der Waals surface area contributed by atoms with E-state index >= 15 is 0 Å². The fraction of sp³-hybridized carbons (Fsp3) is 0.450. The number of carbonyl (C=O) groups excluding carboxylic acids is 1. The second-order valence-corrected chi connectivity index (χ2v) is 7.35. The molecule has 0 spiro atoms. The summed E-state index contributed by atoms with van der Waals surface area (Å²) in [6.45, 7) is 0.224. The van der Waals surface area contributed by atoms with Gasteiger partial charge in [-0.15, -0.1) is 0 Å². The molecule has 27 heavy (non-hydrogen) atoms. The van der Waals surface area contributed by atoms with Crippen LogP contribution in [0.5, 0.6) is 0 Å². The van der Waals surface area contributed by atoms with Crippen LogP contribution in [-0.4, -0.2) is 38.5 Å². The van der Waals surface area contributed by atoms with E-state index in [0.29, 0.717) is 12.2 Å². The number of amides is 1. The Balaban J connectivity index is 1.57. The van der Waals surface area contributed by atoms with Gasteiger partial charge in [0.2, 0.25) is 0 Å². The van der Waals surface area contributed by atoms with E-state index in [0.717, 1.165) is 25.7 Å². The van der Waals surface area contributed by atoms with Crippen molar-refractivity contribution in [2.45, 2.75) is 50.7 Å². The molecule has 142 valence electrons. The van der Waals surface area contributed by atoms with Gasteiger partial charge in [-0.05, 0) is 43.4 Å². The maximum absolute atomic E-state index is 13.0. The van der Waals surface area contributed by atoms with Gasteiger partial charge in [-0.25, -0.2) is 4.79 Å². The molecule has 4 rings (SSSR count). The van der Waals surface area contributed by atoms with E-state index in [1.54, 1.807) is 30.5 Å². The van der Waals surface area contributed by atoms with Gasteiger partial charge in [0, 0.05) is 18.3 Å². The highest BCUT2D eigenvalue weighted by molar-refractivity contribution is 5.95. The van der Waals surface area contributed by atoms with Crippen molar-refractivity contribution in [3.8, 4) is 0 Å². The molecule has 0 unspecified atom stereocenters. The Labute approximate surface area is 156 Å². The quantitative estimate of drug-likeness (QED) is 0.892. The van der Waals surface area contributed by atoms with Gasteiger partial charge in [0.1, 0.15) is 11.8 Å². The van der Waals surface area contributed by atoms with Crippen molar-refractivity contribution in [3.05, 3.63) is 58.4 Å². The summed E-state index contributed by atoms with van der Waals surface area (Å²) in [4.78, 5) is 38.1. The summed E-state index contributed by atoms with van der Waals surface area (Å²) < 4.78 is 7.17. The first-order chi connectivity index (χ1) is 13.0. The van der Waals surface area contributed by atoms with Crippen LogP contribution in [-0.2, 0) is 11.3 Å². The van der Waals surface area contributed by atoms with Crippen LogP contribution in [0.4, 0.5) is 0 Å². The Kier molecular flexibility index (Phi) is 4.59. The summed E-state index contributed by atoms with van der Waals surface area (Å²) in [6.07, 6.45) is 6.08. The molecular formula is C20H22N2O5. The molecule has 1 aliphatic carbocycles. The predicted octanol–water partition coefficient (Wildman–Crippen LogP) is 2.35. The molecule has 1 amide bonds. The van der Waals surface area contributed by atoms with Crippen LogP contribution in [0, 0.1) is 5.92 Å². The van der Waals surface area contributed by atoms with Crippen molar-refractivity contribution in [1.82, 2.24) is 9.47 Å². The van der Waals surface area contributed by atoms with E-state index in [4.69, 9.17) is 4.42 Å². The molecule has 3 atom stereocenters. The maximum Gasteiger partial charge on any atom is 0.326 e. The molecule has 0 aromatic carbocycles. The molecule has 7 heteroatoms. The van der Waals surface area contributed by atoms with Gasteiger partial charge in [-0.2, -0.15) is 0 Å². The van der Waals surface area contributed by atoms with Crippen LogP contribution >= 0.6 is 0 Å². The fourth-order valence-electron chi connectivity index (χ4n) is 4.44. The SMILES string of the molecule is O=C(O)[C@@H]1C[C@@H]2CCCC[C@H]2N1C(=O)c1ccc(Cn2ccccc2=O)o1. The normalized spacial score (nSPS) is 24.6. The van der Waals surface area contributed by atoms with Crippen molar-refractivity contribution >= 4 is 11.9 Å². The monoisotopic (exact) mass is 370 g/mol. The number of nitrogens with zero attached hydrogens (tertiary/aromatic N) is 2. The van der Waals surface area contributed by atoms with Crippen LogP contribution in [0.2, 0.25) is 0 Å². The van der Waals surface area contributed by atoms with Crippen molar-refractivity contribution in [2.75, 3.05) is 0 Å². The molecule has 2 fully saturated rings. The zero-order chi connectivity index (χ0) is 19.0. The molecule has 2 aromatic rings. The van der Waals surface area contributed by atoms with Crippen LogP contribution in [0.1, 0.15) is 48.4 Å². The third kappa shape index (κ3) is 3.29. The number of hydrogen-bond acceptors (Lipinski definition) is 4. The Bertz CT molecular complexity index is 915. The number of rotatable bonds is 4. The van der Waals surface area contributed by atoms with E-state index in [1.165, 1.54) is 15.5 Å². The molecule has 0 radical (unpaired) electrons. The Morgan fingerprint density at radius 3 is 2.74 bits per heavy atom. The lowest BCUT2D eigenvalue weighted by Crippen LogP contribution is -2.46. The number of carboxylic acids is 1. The Morgan fingerprint density at radius 2 is 1.96 bits per heavy atom. The highest BCUT2D eigenvalue weighted by Gasteiger charge is 2.48. The summed E-state index contributed by atoms with van der Waals surface area (Å²) >= 11 is 0. The number of aromatic nitrogens is 1. The predicted molar refractivity (Wildman–Crippen MR) is 96.5 cm³/mol. The van der Waals surface area contributed by atoms with Crippen LogP contribution in [0.3, 0.4) is 0 Å². The minimum Gasteiger partial charge on any atom is -0.480 e. The third-order valence-corrected chi connectivity index (χ3v) is 5.71. The van der Waals surface area contributed by atoms with Gasteiger partial charge in [-0.1, -0.05) is 18.9 Å². The van der Waals surface area contributed by atoms with Crippen LogP contribution in [0.25, 0.3) is 0 Å². The molecule has 2 aliphatic rings. The fourth-order valence-corrected chi connectivity index (χ4v) is 4.44. The molecule has 2 aromatic heterocycles. The number of furan rings is 1. The van der Waals surface area contributed by atoms with E-state index < -0.39 is 12.0 Å². The first kappa shape index (κ1) is 17.6. The summed E-state index contributed by atoms with van der Waals surface area (Å²) in [5.74, 6) is -0.464. The zero-order valence-corrected chi connectivity index (χ0v) is 14.9. The molecule has 7 nitrogen and oxygen atoms in total. The van der Waals surface area contributed by atoms with Crippen molar-refractivity contribution in [2.24, 2.45) is 5.92 Å². The minimum atomic E-state index is -0.958. The Hall–Kier alpha value is -2.83. The van der Waals surface area contributed by atoms with Gasteiger partial charge in [0.15, 0.2) is 5.76 Å². The first-order valence-corrected chi connectivity index (χ1v) is 9.34. The number of likely N-dealkylation sites (tertiary alicyclic amines) is 1. The largest absolute Gasteiger partial charge is 0.480 e. The smallest absolute Gasteiger partial charge is 0.326 e. The zero-order valence-electron chi connectivity index (χ0n) is 14.9. The summed E-state index contributed by atoms with van der Waals surface area (Å²) in [6, 6.07) is 7.28. The van der Waals surface area contributed by atoms with Crippen LogP contribution in [0.15, 0.2) is 45.7 Å². The minimum absolute atomic E-state index is 0.0300. The second-order valence-electron chi connectivity index (χ2n) is 7.35. The van der Waals surface area contributed by atoms with E-state index in [-0.39, 0.29) is 35.7 Å². The molecule has 1 N–H and O–H groups in total. The van der Waals surface area contributed by atoms with E-state index in [1.807, 2.05) is 0 Å².